The molecule has 3 atom stereocenters. The summed E-state index contributed by atoms with van der Waals surface area (Å²) in [5, 5.41) is 10.9. The molecule has 2 bridgehead atoms. The molecule has 1 saturated carbocycles. The molecule has 0 radical (unpaired) electrons. The van der Waals surface area contributed by atoms with Gasteiger partial charge < -0.3 is 4.57 Å². The van der Waals surface area contributed by atoms with Crippen molar-refractivity contribution in [1.82, 2.24) is 4.57 Å². The van der Waals surface area contributed by atoms with Gasteiger partial charge in [-0.1, -0.05) is 12.2 Å². The molecule has 2 aliphatic rings. The lowest BCUT2D eigenvalue weighted by molar-refractivity contribution is -0.386. The number of hydrogen-bond donors (Lipinski definition) is 0. The maximum atomic E-state index is 11.6. The molecule has 0 saturated heterocycles. The Hall–Kier alpha value is -1.43. The van der Waals surface area contributed by atoms with Crippen LogP contribution < -0.4 is 5.43 Å². The molecule has 1 aromatic heterocycles. The zero-order valence-corrected chi connectivity index (χ0v) is 11.7. The number of allylic oxidation sites excluding steroid dienone is 2. The first-order chi connectivity index (χ1) is 9.04. The second-order valence-electron chi connectivity index (χ2n) is 5.31. The number of aromatic nitrogens is 1. The summed E-state index contributed by atoms with van der Waals surface area (Å²) in [4.78, 5) is 21.8. The van der Waals surface area contributed by atoms with Gasteiger partial charge in [-0.15, -0.1) is 0 Å². The second-order valence-corrected chi connectivity index (χ2v) is 6.17. The lowest BCUT2D eigenvalue weighted by atomic mass is 9.93. The molecular formula is C13H13BrN2O3. The largest absolute Gasteiger partial charge is 0.347 e. The number of pyridine rings is 1. The third-order valence-electron chi connectivity index (χ3n) is 4.08. The SMILES string of the molecule is O=c1c(Br)cn(C[C@@H]2C[C@H]3C=C[C@@H]2C3)cc1[N+](=O)[O-]. The highest BCUT2D eigenvalue weighted by molar-refractivity contribution is 9.10. The van der Waals surface area contributed by atoms with Gasteiger partial charge in [0.1, 0.15) is 0 Å². The van der Waals surface area contributed by atoms with Crippen molar-refractivity contribution in [3.05, 3.63) is 49.4 Å². The van der Waals surface area contributed by atoms with Crippen molar-refractivity contribution in [2.45, 2.75) is 19.4 Å². The molecule has 0 aromatic carbocycles. The normalized spacial score (nSPS) is 27.9. The van der Waals surface area contributed by atoms with Crippen LogP contribution in [-0.2, 0) is 6.54 Å². The Morgan fingerprint density at radius 3 is 2.74 bits per heavy atom. The standard InChI is InChI=1S/C13H13BrN2O3/c14-11-6-15(7-12(13(11)17)16(18)19)5-10-4-8-1-2-9(10)3-8/h1-2,6-10H,3-5H2/t8-,9+,10-/m0/s1. The summed E-state index contributed by atoms with van der Waals surface area (Å²) >= 11 is 3.10. The number of halogens is 1. The third-order valence-corrected chi connectivity index (χ3v) is 4.64. The minimum atomic E-state index is -0.621. The Morgan fingerprint density at radius 2 is 2.16 bits per heavy atom. The molecule has 19 heavy (non-hydrogen) atoms. The highest BCUT2D eigenvalue weighted by atomic mass is 79.9. The van der Waals surface area contributed by atoms with Crippen LogP contribution in [0.1, 0.15) is 12.8 Å². The van der Waals surface area contributed by atoms with Crippen LogP contribution in [0, 0.1) is 27.9 Å². The smallest absolute Gasteiger partial charge is 0.333 e. The van der Waals surface area contributed by atoms with Gasteiger partial charge in [0.15, 0.2) is 0 Å². The Kier molecular flexibility index (Phi) is 3.05. The minimum Gasteiger partial charge on any atom is -0.347 e. The van der Waals surface area contributed by atoms with E-state index < -0.39 is 10.4 Å². The summed E-state index contributed by atoms with van der Waals surface area (Å²) in [5.41, 5.74) is -0.929. The fraction of sp³-hybridized carbons (Fsp3) is 0.462. The van der Waals surface area contributed by atoms with E-state index in [1.807, 2.05) is 0 Å². The van der Waals surface area contributed by atoms with E-state index in [1.165, 1.54) is 12.6 Å². The average Bonchev–Trinajstić information content (AvgIpc) is 2.95. The number of hydrogen-bond acceptors (Lipinski definition) is 3. The molecule has 0 aliphatic heterocycles. The van der Waals surface area contributed by atoms with E-state index in [9.17, 15) is 14.9 Å². The maximum Gasteiger partial charge on any atom is 0.333 e. The molecule has 5 nitrogen and oxygen atoms in total. The van der Waals surface area contributed by atoms with Crippen molar-refractivity contribution in [2.75, 3.05) is 0 Å². The van der Waals surface area contributed by atoms with E-state index in [1.54, 1.807) is 10.8 Å². The van der Waals surface area contributed by atoms with Crippen LogP contribution in [0.4, 0.5) is 5.69 Å². The van der Waals surface area contributed by atoms with Crippen molar-refractivity contribution in [1.29, 1.82) is 0 Å². The van der Waals surface area contributed by atoms with Gasteiger partial charge in [-0.3, -0.25) is 14.9 Å². The Morgan fingerprint density at radius 1 is 1.37 bits per heavy atom. The van der Waals surface area contributed by atoms with Crippen LogP contribution in [0.3, 0.4) is 0 Å². The van der Waals surface area contributed by atoms with Gasteiger partial charge in [0.25, 0.3) is 5.43 Å². The first-order valence-corrected chi connectivity index (χ1v) is 7.06. The molecule has 1 fully saturated rings. The zero-order chi connectivity index (χ0) is 13.6. The van der Waals surface area contributed by atoms with E-state index in [0.29, 0.717) is 17.8 Å². The van der Waals surface area contributed by atoms with Gasteiger partial charge >= 0.3 is 5.69 Å². The predicted octanol–water partition coefficient (Wildman–Crippen LogP) is 2.73. The molecule has 0 N–H and O–H groups in total. The van der Waals surface area contributed by atoms with Crippen molar-refractivity contribution >= 4 is 21.6 Å². The first-order valence-electron chi connectivity index (χ1n) is 6.27. The van der Waals surface area contributed by atoms with Crippen LogP contribution in [0.25, 0.3) is 0 Å². The monoisotopic (exact) mass is 324 g/mol. The van der Waals surface area contributed by atoms with E-state index >= 15 is 0 Å². The number of nitro groups is 1. The summed E-state index contributed by atoms with van der Waals surface area (Å²) in [6.45, 7) is 0.727. The first kappa shape index (κ1) is 12.6. The molecule has 0 amide bonds. The van der Waals surface area contributed by atoms with Gasteiger partial charge in [0.05, 0.1) is 15.6 Å². The van der Waals surface area contributed by atoms with Crippen LogP contribution in [-0.4, -0.2) is 9.49 Å². The second kappa shape index (κ2) is 4.59. The highest BCUT2D eigenvalue weighted by Gasteiger charge is 2.35. The van der Waals surface area contributed by atoms with E-state index in [0.717, 1.165) is 13.0 Å². The number of fused-ring (bicyclic) bond motifs is 2. The van der Waals surface area contributed by atoms with Crippen molar-refractivity contribution < 1.29 is 4.92 Å². The lowest BCUT2D eigenvalue weighted by Gasteiger charge is -2.19. The van der Waals surface area contributed by atoms with E-state index in [4.69, 9.17) is 0 Å². The lowest BCUT2D eigenvalue weighted by Crippen LogP contribution is -2.18. The van der Waals surface area contributed by atoms with Gasteiger partial charge in [-0.2, -0.15) is 0 Å². The third kappa shape index (κ3) is 2.25. The highest BCUT2D eigenvalue weighted by Crippen LogP contribution is 2.44. The summed E-state index contributed by atoms with van der Waals surface area (Å²) in [6.07, 6.45) is 9.86. The molecule has 2 aliphatic carbocycles. The zero-order valence-electron chi connectivity index (χ0n) is 10.2. The molecule has 1 heterocycles. The summed E-state index contributed by atoms with van der Waals surface area (Å²) < 4.78 is 2.02. The molecule has 1 aromatic rings. The summed E-state index contributed by atoms with van der Waals surface area (Å²) in [6, 6.07) is 0. The van der Waals surface area contributed by atoms with Gasteiger partial charge in [-0.25, -0.2) is 0 Å². The molecular weight excluding hydrogens is 312 g/mol. The molecule has 0 unspecified atom stereocenters. The number of nitrogens with zero attached hydrogens (tertiary/aromatic N) is 2. The topological polar surface area (TPSA) is 65.1 Å². The molecule has 3 rings (SSSR count). The van der Waals surface area contributed by atoms with Gasteiger partial charge in [-0.05, 0) is 46.5 Å². The minimum absolute atomic E-state index is 0.250. The maximum absolute atomic E-state index is 11.6. The Balaban J connectivity index is 1.87. The number of rotatable bonds is 3. The van der Waals surface area contributed by atoms with Crippen molar-refractivity contribution in [3.63, 3.8) is 0 Å². The van der Waals surface area contributed by atoms with E-state index in [-0.39, 0.29) is 10.2 Å². The van der Waals surface area contributed by atoms with Gasteiger partial charge in [0, 0.05) is 12.7 Å². The average molecular weight is 325 g/mol. The summed E-state index contributed by atoms with van der Waals surface area (Å²) in [7, 11) is 0. The van der Waals surface area contributed by atoms with E-state index in [2.05, 4.69) is 28.1 Å². The van der Waals surface area contributed by atoms with Crippen LogP contribution >= 0.6 is 15.9 Å². The van der Waals surface area contributed by atoms with Crippen LogP contribution in [0.2, 0.25) is 0 Å². The fourth-order valence-corrected chi connectivity index (χ4v) is 3.66. The summed E-state index contributed by atoms with van der Waals surface area (Å²) in [5.74, 6) is 1.78. The van der Waals surface area contributed by atoms with Crippen molar-refractivity contribution in [3.8, 4) is 0 Å². The van der Waals surface area contributed by atoms with Gasteiger partial charge in [0.2, 0.25) is 0 Å². The molecule has 0 spiro atoms. The molecule has 6 heteroatoms. The fourth-order valence-electron chi connectivity index (χ4n) is 3.19. The van der Waals surface area contributed by atoms with Crippen LogP contribution in [0.5, 0.6) is 0 Å². The quantitative estimate of drug-likeness (QED) is 0.488. The predicted molar refractivity (Wildman–Crippen MR) is 73.9 cm³/mol. The Bertz CT molecular complexity index is 623. The van der Waals surface area contributed by atoms with Crippen LogP contribution in [0.15, 0.2) is 33.8 Å². The van der Waals surface area contributed by atoms with Crippen molar-refractivity contribution in [2.24, 2.45) is 17.8 Å². The molecule has 100 valence electrons. The Labute approximate surface area is 118 Å².